The van der Waals surface area contributed by atoms with E-state index in [1.54, 1.807) is 0 Å². The van der Waals surface area contributed by atoms with Crippen LogP contribution in [0.3, 0.4) is 0 Å². The summed E-state index contributed by atoms with van der Waals surface area (Å²) in [6, 6.07) is 37.9. The fraction of sp³-hybridized carbons (Fsp3) is 0.442. The summed E-state index contributed by atoms with van der Waals surface area (Å²) in [6.07, 6.45) is -8.12. The van der Waals surface area contributed by atoms with Gasteiger partial charge in [0.05, 0.1) is 45.3 Å². The molecule has 0 bridgehead atoms. The quantitative estimate of drug-likeness (QED) is 0.0523. The van der Waals surface area contributed by atoms with Crippen LogP contribution in [-0.4, -0.2) is 85.1 Å². The predicted molar refractivity (Wildman–Crippen MR) is 207 cm³/mol. The maximum Gasteiger partial charge on any atom is 0.331 e. The molecule has 0 spiro atoms. The number of ether oxygens (including phenoxy) is 7. The van der Waals surface area contributed by atoms with Gasteiger partial charge in [-0.05, 0) is 42.5 Å². The molecule has 12 nitrogen and oxygen atoms in total. The Labute approximate surface area is 329 Å². The van der Waals surface area contributed by atoms with Gasteiger partial charge in [-0.15, -0.1) is 0 Å². The standard InChI is InChI=1S/C43H53O12P/c1-43(2)52-29-36(54-43)23-24-56(46,53-28-35-21-13-6-14-22-35)55-42-40(50-30-47-25-32-15-7-3-8-16-32)38(45)37(44)39(49-27-34-19-11-5-12-20-34)41(42)51-31-48-26-33-17-9-4-10-18-33/h3-22,36-42,44-45H,23-31H2,1-2H3/t36-,37-,38-,39+,40+,41+,42-,56?/m0/s1. The van der Waals surface area contributed by atoms with Gasteiger partial charge in [-0.25, -0.2) is 0 Å². The van der Waals surface area contributed by atoms with E-state index in [1.807, 2.05) is 135 Å². The van der Waals surface area contributed by atoms with E-state index in [4.69, 9.17) is 42.2 Å². The Balaban J connectivity index is 1.28. The van der Waals surface area contributed by atoms with Gasteiger partial charge in [-0.1, -0.05) is 121 Å². The lowest BCUT2D eigenvalue weighted by atomic mass is 9.84. The topological polar surface area (TPSA) is 141 Å². The van der Waals surface area contributed by atoms with Crippen molar-refractivity contribution in [1.82, 2.24) is 0 Å². The van der Waals surface area contributed by atoms with Crippen molar-refractivity contribution in [2.75, 3.05) is 26.4 Å². The van der Waals surface area contributed by atoms with Gasteiger partial charge in [0.25, 0.3) is 0 Å². The van der Waals surface area contributed by atoms with Gasteiger partial charge < -0.3 is 47.9 Å². The molecule has 1 unspecified atom stereocenters. The Morgan fingerprint density at radius 3 is 1.54 bits per heavy atom. The van der Waals surface area contributed by atoms with Crippen molar-refractivity contribution in [3.63, 3.8) is 0 Å². The van der Waals surface area contributed by atoms with Crippen LogP contribution in [0.4, 0.5) is 0 Å². The molecule has 13 heteroatoms. The van der Waals surface area contributed by atoms with Gasteiger partial charge in [0.1, 0.15) is 50.2 Å². The van der Waals surface area contributed by atoms with E-state index in [0.29, 0.717) is 13.0 Å². The van der Waals surface area contributed by atoms with Crippen molar-refractivity contribution in [1.29, 1.82) is 0 Å². The molecule has 1 saturated heterocycles. The first-order valence-corrected chi connectivity index (χ1v) is 20.7. The SMILES string of the molecule is CC1(C)OC[C@H](CCP(=O)(OCc2ccccc2)O[C@@H]2[C@H](OCOCc3ccccc3)[C@H](OCc3ccccc3)[C@@H](O)[C@H](O)[C@H]2OCOCc2ccccc2)O1. The molecule has 1 aliphatic carbocycles. The largest absolute Gasteiger partial charge is 0.387 e. The van der Waals surface area contributed by atoms with Crippen LogP contribution >= 0.6 is 7.60 Å². The maximum absolute atomic E-state index is 15.1. The molecule has 1 heterocycles. The third-order valence-electron chi connectivity index (χ3n) is 9.54. The Kier molecular flexibility index (Phi) is 15.8. The van der Waals surface area contributed by atoms with Crippen molar-refractivity contribution < 1.29 is 57.0 Å². The Morgan fingerprint density at radius 2 is 1.05 bits per heavy atom. The highest BCUT2D eigenvalue weighted by Gasteiger charge is 2.55. The van der Waals surface area contributed by atoms with E-state index in [1.165, 1.54) is 0 Å². The molecule has 2 aliphatic rings. The van der Waals surface area contributed by atoms with Crippen LogP contribution in [0.5, 0.6) is 0 Å². The number of hydrogen-bond donors (Lipinski definition) is 2. The zero-order valence-corrected chi connectivity index (χ0v) is 32.8. The zero-order valence-electron chi connectivity index (χ0n) is 31.9. The van der Waals surface area contributed by atoms with Crippen LogP contribution in [0.25, 0.3) is 0 Å². The summed E-state index contributed by atoms with van der Waals surface area (Å²) >= 11 is 0. The second kappa shape index (κ2) is 20.9. The van der Waals surface area contributed by atoms with Crippen molar-refractivity contribution in [3.05, 3.63) is 144 Å². The van der Waals surface area contributed by atoms with Crippen molar-refractivity contribution >= 4 is 7.60 Å². The van der Waals surface area contributed by atoms with Crippen LogP contribution in [0, 0.1) is 0 Å². The van der Waals surface area contributed by atoms with E-state index >= 15 is 4.57 Å². The van der Waals surface area contributed by atoms with E-state index < -0.39 is 50.0 Å². The summed E-state index contributed by atoms with van der Waals surface area (Å²) in [5, 5.41) is 23.4. The number of aliphatic hydroxyl groups excluding tert-OH is 2. The summed E-state index contributed by atoms with van der Waals surface area (Å²) in [7, 11) is -4.07. The molecule has 4 aromatic carbocycles. The molecule has 8 atom stereocenters. The van der Waals surface area contributed by atoms with Gasteiger partial charge >= 0.3 is 7.60 Å². The zero-order chi connectivity index (χ0) is 39.2. The predicted octanol–water partition coefficient (Wildman–Crippen LogP) is 6.76. The number of aliphatic hydroxyl groups is 2. The molecule has 6 rings (SSSR count). The Hall–Kier alpha value is -3.33. The van der Waals surface area contributed by atoms with Crippen molar-refractivity contribution in [2.24, 2.45) is 0 Å². The fourth-order valence-corrected chi connectivity index (χ4v) is 8.48. The number of hydrogen-bond acceptors (Lipinski definition) is 12. The lowest BCUT2D eigenvalue weighted by Crippen LogP contribution is -2.66. The monoisotopic (exact) mass is 792 g/mol. The minimum absolute atomic E-state index is 0.0190. The second-order valence-electron chi connectivity index (χ2n) is 14.3. The highest BCUT2D eigenvalue weighted by atomic mass is 31.2. The summed E-state index contributed by atoms with van der Waals surface area (Å²) in [6.45, 7) is 3.95. The highest BCUT2D eigenvalue weighted by molar-refractivity contribution is 7.53. The first-order chi connectivity index (χ1) is 27.2. The van der Waals surface area contributed by atoms with E-state index in [2.05, 4.69) is 0 Å². The normalized spacial score (nSPS) is 25.8. The van der Waals surface area contributed by atoms with Crippen LogP contribution in [-0.2, 0) is 73.2 Å². The average Bonchev–Trinajstić information content (AvgIpc) is 3.58. The summed E-state index contributed by atoms with van der Waals surface area (Å²) in [4.78, 5) is 0. The van der Waals surface area contributed by atoms with Crippen LogP contribution in [0.1, 0.15) is 42.5 Å². The Bertz CT molecular complexity index is 1750. The van der Waals surface area contributed by atoms with Gasteiger partial charge in [-0.2, -0.15) is 0 Å². The highest BCUT2D eigenvalue weighted by Crippen LogP contribution is 2.53. The molecule has 2 fully saturated rings. The van der Waals surface area contributed by atoms with E-state index in [0.717, 1.165) is 22.3 Å². The molecule has 0 aromatic heterocycles. The fourth-order valence-electron chi connectivity index (χ4n) is 6.62. The molecular formula is C43H53O12P. The molecule has 4 aromatic rings. The first-order valence-electron chi connectivity index (χ1n) is 18.9. The van der Waals surface area contributed by atoms with E-state index in [9.17, 15) is 10.2 Å². The van der Waals surface area contributed by atoms with Crippen molar-refractivity contribution in [3.8, 4) is 0 Å². The van der Waals surface area contributed by atoms with E-state index in [-0.39, 0.29) is 52.3 Å². The Morgan fingerprint density at radius 1 is 0.607 bits per heavy atom. The van der Waals surface area contributed by atoms with Gasteiger partial charge in [0.2, 0.25) is 0 Å². The van der Waals surface area contributed by atoms with Crippen LogP contribution in [0.15, 0.2) is 121 Å². The van der Waals surface area contributed by atoms with Crippen LogP contribution in [0.2, 0.25) is 0 Å². The first kappa shape index (κ1) is 42.3. The van der Waals surface area contributed by atoms with Gasteiger partial charge in [-0.3, -0.25) is 9.09 Å². The molecule has 0 amide bonds. The second-order valence-corrected chi connectivity index (χ2v) is 16.4. The lowest BCUT2D eigenvalue weighted by Gasteiger charge is -2.47. The molecular weight excluding hydrogens is 739 g/mol. The minimum Gasteiger partial charge on any atom is -0.387 e. The third kappa shape index (κ3) is 12.6. The average molecular weight is 793 g/mol. The van der Waals surface area contributed by atoms with Crippen LogP contribution < -0.4 is 0 Å². The molecule has 302 valence electrons. The summed E-state index contributed by atoms with van der Waals surface area (Å²) in [5.74, 6) is -0.787. The molecule has 1 aliphatic heterocycles. The molecule has 56 heavy (non-hydrogen) atoms. The minimum atomic E-state index is -4.07. The van der Waals surface area contributed by atoms with Gasteiger partial charge in [0.15, 0.2) is 5.79 Å². The van der Waals surface area contributed by atoms with Crippen molar-refractivity contribution in [2.45, 2.75) is 95.2 Å². The van der Waals surface area contributed by atoms with Gasteiger partial charge in [0, 0.05) is 0 Å². The molecule has 1 saturated carbocycles. The molecule has 2 N–H and O–H groups in total. The smallest absolute Gasteiger partial charge is 0.331 e. The summed E-state index contributed by atoms with van der Waals surface area (Å²) in [5.41, 5.74) is 3.46. The lowest BCUT2D eigenvalue weighted by molar-refractivity contribution is -0.278. The summed E-state index contributed by atoms with van der Waals surface area (Å²) < 4.78 is 70.3. The third-order valence-corrected chi connectivity index (χ3v) is 11.4. The number of benzene rings is 4. The molecule has 0 radical (unpaired) electrons. The number of rotatable bonds is 21. The maximum atomic E-state index is 15.1.